The van der Waals surface area contributed by atoms with Crippen LogP contribution in [-0.4, -0.2) is 27.9 Å². The van der Waals surface area contributed by atoms with Crippen molar-refractivity contribution in [3.8, 4) is 0 Å². The van der Waals surface area contributed by atoms with Gasteiger partial charge in [0.1, 0.15) is 0 Å². The van der Waals surface area contributed by atoms with Gasteiger partial charge >= 0.3 is 13.4 Å². The lowest BCUT2D eigenvalue weighted by atomic mass is 10.1. The number of carbonyl (C=O) groups excluding carboxylic acids is 1. The second-order valence-corrected chi connectivity index (χ2v) is 5.24. The molecule has 1 unspecified atom stereocenters. The topological polar surface area (TPSA) is 86.6 Å². The summed E-state index contributed by atoms with van der Waals surface area (Å²) in [6, 6.07) is 6.70. The minimum absolute atomic E-state index is 0.139. The lowest BCUT2D eigenvalue weighted by molar-refractivity contribution is 0.0196. The highest BCUT2D eigenvalue weighted by molar-refractivity contribution is 7.53. The molecule has 8 heteroatoms. The molecule has 0 aliphatic rings. The standard InChI is InChI=1S/C10H11F2NO4P/c11-10(12,18(15,16)17)13-9(7-14)6-8-4-2-1-3-5-8/h1-5,9,13H,6H2,(H2,15,16,17). The molecule has 0 aliphatic heterocycles. The summed E-state index contributed by atoms with van der Waals surface area (Å²) in [5.41, 5.74) is 0.569. The first-order valence-electron chi connectivity index (χ1n) is 4.89. The van der Waals surface area contributed by atoms with E-state index in [9.17, 15) is 18.1 Å². The van der Waals surface area contributed by atoms with Crippen molar-refractivity contribution < 1.29 is 27.9 Å². The zero-order chi connectivity index (χ0) is 13.8. The van der Waals surface area contributed by atoms with Crippen LogP contribution in [0.1, 0.15) is 5.56 Å². The van der Waals surface area contributed by atoms with Crippen LogP contribution in [0.4, 0.5) is 8.78 Å². The number of nitrogens with one attached hydrogen (secondary N) is 1. The Morgan fingerprint density at radius 3 is 2.33 bits per heavy atom. The van der Waals surface area contributed by atoms with Crippen LogP contribution in [0.5, 0.6) is 0 Å². The Morgan fingerprint density at radius 2 is 1.89 bits per heavy atom. The summed E-state index contributed by atoms with van der Waals surface area (Å²) < 4.78 is 36.5. The highest BCUT2D eigenvalue weighted by Gasteiger charge is 2.50. The van der Waals surface area contributed by atoms with Gasteiger partial charge in [0.25, 0.3) is 0 Å². The lowest BCUT2D eigenvalue weighted by Crippen LogP contribution is -2.45. The van der Waals surface area contributed by atoms with Crippen LogP contribution in [-0.2, 0) is 15.8 Å². The predicted molar refractivity (Wildman–Crippen MR) is 59.8 cm³/mol. The van der Waals surface area contributed by atoms with Crippen LogP contribution in [0, 0.1) is 0 Å². The molecular formula is C10H11F2NO4P. The summed E-state index contributed by atoms with van der Waals surface area (Å²) in [6.45, 7) is 0. The maximum absolute atomic E-state index is 13.0. The second kappa shape index (κ2) is 5.67. The SMILES string of the molecule is O=[C]C(Cc1ccccc1)NC(F)(F)P(=O)(O)O. The van der Waals surface area contributed by atoms with Crippen molar-refractivity contribution in [3.63, 3.8) is 0 Å². The highest BCUT2D eigenvalue weighted by Crippen LogP contribution is 2.50. The summed E-state index contributed by atoms with van der Waals surface area (Å²) in [5, 5.41) is 1.31. The molecular weight excluding hydrogens is 267 g/mol. The molecule has 0 bridgehead atoms. The number of halogens is 2. The molecule has 18 heavy (non-hydrogen) atoms. The predicted octanol–water partition coefficient (Wildman–Crippen LogP) is 1.02. The van der Waals surface area contributed by atoms with Gasteiger partial charge in [-0.15, -0.1) is 0 Å². The average Bonchev–Trinajstić information content (AvgIpc) is 2.27. The van der Waals surface area contributed by atoms with E-state index in [2.05, 4.69) is 0 Å². The van der Waals surface area contributed by atoms with Crippen molar-refractivity contribution in [1.82, 2.24) is 5.32 Å². The van der Waals surface area contributed by atoms with Crippen LogP contribution >= 0.6 is 7.60 Å². The van der Waals surface area contributed by atoms with Gasteiger partial charge in [-0.25, -0.2) is 5.32 Å². The smallest absolute Gasteiger partial charge is 0.319 e. The number of hydrogen-bond donors (Lipinski definition) is 3. The third kappa shape index (κ3) is 3.96. The summed E-state index contributed by atoms with van der Waals surface area (Å²) >= 11 is 0. The van der Waals surface area contributed by atoms with E-state index >= 15 is 0 Å². The normalized spacial score (nSPS) is 14.2. The van der Waals surface area contributed by atoms with Gasteiger partial charge in [-0.3, -0.25) is 9.36 Å². The van der Waals surface area contributed by atoms with E-state index in [4.69, 9.17) is 9.79 Å². The van der Waals surface area contributed by atoms with E-state index in [1.165, 1.54) is 11.6 Å². The van der Waals surface area contributed by atoms with E-state index in [0.717, 1.165) is 0 Å². The van der Waals surface area contributed by atoms with Gasteiger partial charge in [0.2, 0.25) is 6.29 Å². The van der Waals surface area contributed by atoms with Crippen LogP contribution in [0.2, 0.25) is 0 Å². The van der Waals surface area contributed by atoms with E-state index in [1.807, 2.05) is 0 Å². The number of alkyl halides is 2. The van der Waals surface area contributed by atoms with Crippen molar-refractivity contribution in [2.45, 2.75) is 18.3 Å². The molecule has 1 radical (unpaired) electrons. The number of benzene rings is 1. The van der Waals surface area contributed by atoms with Crippen LogP contribution in [0.25, 0.3) is 0 Å². The van der Waals surface area contributed by atoms with E-state index in [-0.39, 0.29) is 6.42 Å². The van der Waals surface area contributed by atoms with Gasteiger partial charge in [-0.2, -0.15) is 8.78 Å². The van der Waals surface area contributed by atoms with Crippen LogP contribution in [0.15, 0.2) is 30.3 Å². The Labute approximate surface area is 102 Å². The maximum atomic E-state index is 13.0. The third-order valence-corrected chi connectivity index (χ3v) is 3.00. The first-order valence-corrected chi connectivity index (χ1v) is 6.50. The first kappa shape index (κ1) is 14.9. The van der Waals surface area contributed by atoms with Crippen molar-refractivity contribution in [2.75, 3.05) is 0 Å². The lowest BCUT2D eigenvalue weighted by Gasteiger charge is -2.22. The molecule has 0 heterocycles. The largest absolute Gasteiger partial charge is 0.410 e. The molecule has 0 saturated heterocycles. The number of hydrogen-bond acceptors (Lipinski definition) is 3. The quantitative estimate of drug-likeness (QED) is 0.534. The molecule has 1 aromatic rings. The first-order chi connectivity index (χ1) is 8.26. The van der Waals surface area contributed by atoms with Gasteiger partial charge in [-0.1, -0.05) is 30.3 Å². The van der Waals surface area contributed by atoms with Crippen molar-refractivity contribution in [1.29, 1.82) is 0 Å². The number of rotatable bonds is 6. The maximum Gasteiger partial charge on any atom is 0.410 e. The van der Waals surface area contributed by atoms with Gasteiger partial charge in [0, 0.05) is 0 Å². The van der Waals surface area contributed by atoms with Crippen molar-refractivity contribution >= 4 is 13.9 Å². The average molecular weight is 278 g/mol. The summed E-state index contributed by atoms with van der Waals surface area (Å²) in [4.78, 5) is 27.4. The van der Waals surface area contributed by atoms with E-state index in [0.29, 0.717) is 5.56 Å². The molecule has 0 spiro atoms. The third-order valence-electron chi connectivity index (χ3n) is 2.14. The van der Waals surface area contributed by atoms with E-state index in [1.54, 1.807) is 30.3 Å². The zero-order valence-electron chi connectivity index (χ0n) is 9.09. The molecule has 99 valence electrons. The van der Waals surface area contributed by atoms with Crippen molar-refractivity contribution in [3.05, 3.63) is 35.9 Å². The zero-order valence-corrected chi connectivity index (χ0v) is 9.98. The minimum atomic E-state index is -5.66. The molecule has 0 saturated carbocycles. The molecule has 5 nitrogen and oxygen atoms in total. The van der Waals surface area contributed by atoms with E-state index < -0.39 is 19.4 Å². The fourth-order valence-corrected chi connectivity index (χ4v) is 1.59. The Morgan fingerprint density at radius 1 is 1.33 bits per heavy atom. The second-order valence-electron chi connectivity index (χ2n) is 3.59. The van der Waals surface area contributed by atoms with Crippen molar-refractivity contribution in [2.24, 2.45) is 0 Å². The summed E-state index contributed by atoms with van der Waals surface area (Å²) in [7, 11) is -5.66. The Balaban J connectivity index is 2.75. The minimum Gasteiger partial charge on any atom is -0.319 e. The van der Waals surface area contributed by atoms with Gasteiger partial charge in [0.05, 0.1) is 6.04 Å². The Kier molecular flexibility index (Phi) is 4.70. The molecule has 1 aromatic carbocycles. The molecule has 0 fully saturated rings. The molecule has 3 N–H and O–H groups in total. The van der Waals surface area contributed by atoms with Gasteiger partial charge < -0.3 is 9.79 Å². The Bertz CT molecular complexity index is 448. The van der Waals surface area contributed by atoms with Crippen LogP contribution in [0.3, 0.4) is 0 Å². The monoisotopic (exact) mass is 278 g/mol. The van der Waals surface area contributed by atoms with Gasteiger partial charge in [-0.05, 0) is 12.0 Å². The molecule has 0 amide bonds. The molecule has 1 atom stereocenters. The Hall–Kier alpha value is -1.14. The molecule has 1 rings (SSSR count). The fraction of sp³-hybridized carbons (Fsp3) is 0.300. The summed E-state index contributed by atoms with van der Waals surface area (Å²) in [6.07, 6.45) is 1.16. The molecule has 0 aliphatic carbocycles. The highest BCUT2D eigenvalue weighted by atomic mass is 31.2. The summed E-state index contributed by atoms with van der Waals surface area (Å²) in [5.74, 6) is -4.45. The fourth-order valence-electron chi connectivity index (χ4n) is 1.27. The van der Waals surface area contributed by atoms with Gasteiger partial charge in [0.15, 0.2) is 0 Å². The molecule has 0 aromatic heterocycles. The van der Waals surface area contributed by atoms with Crippen LogP contribution < -0.4 is 5.32 Å².